The van der Waals surface area contributed by atoms with Crippen molar-refractivity contribution in [1.29, 1.82) is 0 Å². The monoisotopic (exact) mass is 404 g/mol. The van der Waals surface area contributed by atoms with Gasteiger partial charge < -0.3 is 14.6 Å². The lowest BCUT2D eigenvalue weighted by atomic mass is 10.2. The summed E-state index contributed by atoms with van der Waals surface area (Å²) in [7, 11) is 0. The minimum absolute atomic E-state index is 0.0858. The molecule has 1 aromatic carbocycles. The molecule has 0 aliphatic rings. The number of carbonyl (C=O) groups is 2. The fraction of sp³-hybridized carbons (Fsp3) is 0.211. The molecule has 2 heterocycles. The van der Waals surface area contributed by atoms with Crippen molar-refractivity contribution < 1.29 is 9.59 Å². The Balaban J connectivity index is 1.75. The predicted octanol–water partition coefficient (Wildman–Crippen LogP) is 4.13. The molecule has 0 saturated carbocycles. The van der Waals surface area contributed by atoms with Crippen molar-refractivity contribution in [3.63, 3.8) is 0 Å². The zero-order chi connectivity index (χ0) is 19.4. The Labute approximate surface area is 166 Å². The van der Waals surface area contributed by atoms with Crippen LogP contribution in [0.1, 0.15) is 23.7 Å². The Morgan fingerprint density at radius 3 is 2.81 bits per heavy atom. The summed E-state index contributed by atoms with van der Waals surface area (Å²) in [5.41, 5.74) is 1.65. The Hall–Kier alpha value is -2.57. The van der Waals surface area contributed by atoms with Gasteiger partial charge in [-0.25, -0.2) is 4.98 Å². The number of pyridine rings is 1. The number of nitrogens with zero attached hydrogens (tertiary/aromatic N) is 3. The smallest absolute Gasteiger partial charge is 0.255 e. The quantitative estimate of drug-likeness (QED) is 0.671. The van der Waals surface area contributed by atoms with E-state index in [0.717, 1.165) is 12.1 Å². The molecule has 6 nitrogen and oxygen atoms in total. The van der Waals surface area contributed by atoms with Gasteiger partial charge in [0.05, 0.1) is 16.3 Å². The van der Waals surface area contributed by atoms with Crippen LogP contribution in [-0.2, 0) is 4.79 Å². The number of hydrogen-bond acceptors (Lipinski definition) is 3. The van der Waals surface area contributed by atoms with Crippen LogP contribution in [0.2, 0.25) is 10.0 Å². The SMILES string of the molecule is CCCN(CC(=O)Nc1cc(Cl)ccc1Cl)C(=O)c1ccc2nccn2c1. The van der Waals surface area contributed by atoms with Gasteiger partial charge in [-0.3, -0.25) is 9.59 Å². The number of halogens is 2. The van der Waals surface area contributed by atoms with E-state index in [1.165, 1.54) is 4.90 Å². The minimum Gasteiger partial charge on any atom is -0.329 e. The summed E-state index contributed by atoms with van der Waals surface area (Å²) >= 11 is 12.0. The average Bonchev–Trinajstić information content (AvgIpc) is 3.11. The molecule has 0 fully saturated rings. The number of benzene rings is 1. The third-order valence-electron chi connectivity index (χ3n) is 3.95. The van der Waals surface area contributed by atoms with E-state index in [1.54, 1.807) is 53.3 Å². The lowest BCUT2D eigenvalue weighted by Gasteiger charge is -2.22. The number of carbonyl (C=O) groups excluding carboxylic acids is 2. The number of hydrogen-bond donors (Lipinski definition) is 1. The van der Waals surface area contributed by atoms with Crippen LogP contribution in [0.25, 0.3) is 5.65 Å². The number of anilines is 1. The van der Waals surface area contributed by atoms with Crippen molar-refractivity contribution in [2.24, 2.45) is 0 Å². The van der Waals surface area contributed by atoms with Crippen LogP contribution >= 0.6 is 23.2 Å². The van der Waals surface area contributed by atoms with Crippen LogP contribution in [0.4, 0.5) is 5.69 Å². The van der Waals surface area contributed by atoms with Crippen molar-refractivity contribution in [3.8, 4) is 0 Å². The molecule has 3 rings (SSSR count). The van der Waals surface area contributed by atoms with E-state index in [-0.39, 0.29) is 18.4 Å². The van der Waals surface area contributed by atoms with Crippen LogP contribution < -0.4 is 5.32 Å². The first-order valence-electron chi connectivity index (χ1n) is 8.45. The number of nitrogens with one attached hydrogen (secondary N) is 1. The van der Waals surface area contributed by atoms with Gasteiger partial charge in [-0.05, 0) is 36.8 Å². The number of fused-ring (bicyclic) bond motifs is 1. The Bertz CT molecular complexity index is 987. The van der Waals surface area contributed by atoms with Crippen molar-refractivity contribution in [2.75, 3.05) is 18.4 Å². The molecule has 3 aromatic rings. The second-order valence-corrected chi connectivity index (χ2v) is 6.85. The molecule has 0 unspecified atom stereocenters. The molecule has 0 spiro atoms. The lowest BCUT2D eigenvalue weighted by Crippen LogP contribution is -2.38. The fourth-order valence-corrected chi connectivity index (χ4v) is 3.04. The number of amides is 2. The number of imidazole rings is 1. The van der Waals surface area contributed by atoms with Gasteiger partial charge in [0, 0.05) is 30.2 Å². The summed E-state index contributed by atoms with van der Waals surface area (Å²) in [5, 5.41) is 3.55. The minimum atomic E-state index is -0.343. The normalized spacial score (nSPS) is 10.8. The van der Waals surface area contributed by atoms with Gasteiger partial charge in [0.2, 0.25) is 5.91 Å². The third-order valence-corrected chi connectivity index (χ3v) is 4.52. The van der Waals surface area contributed by atoms with Crippen molar-refractivity contribution in [3.05, 3.63) is 64.5 Å². The molecule has 0 atom stereocenters. The molecule has 1 N–H and O–H groups in total. The molecule has 0 saturated heterocycles. The molecule has 2 aromatic heterocycles. The van der Waals surface area contributed by atoms with Crippen molar-refractivity contribution in [1.82, 2.24) is 14.3 Å². The molecule has 140 valence electrons. The maximum Gasteiger partial charge on any atom is 0.255 e. The Morgan fingerprint density at radius 1 is 1.22 bits per heavy atom. The lowest BCUT2D eigenvalue weighted by molar-refractivity contribution is -0.116. The highest BCUT2D eigenvalue weighted by Gasteiger charge is 2.19. The largest absolute Gasteiger partial charge is 0.329 e. The number of rotatable bonds is 6. The van der Waals surface area contributed by atoms with Crippen LogP contribution in [0, 0.1) is 0 Å². The highest BCUT2D eigenvalue weighted by atomic mass is 35.5. The Kier molecular flexibility index (Phi) is 5.98. The van der Waals surface area contributed by atoms with Gasteiger partial charge in [0.25, 0.3) is 5.91 Å². The zero-order valence-corrected chi connectivity index (χ0v) is 16.2. The van der Waals surface area contributed by atoms with Gasteiger partial charge in [-0.2, -0.15) is 0 Å². The molecule has 0 radical (unpaired) electrons. The third kappa shape index (κ3) is 4.59. The van der Waals surface area contributed by atoms with Gasteiger partial charge in [-0.15, -0.1) is 0 Å². The van der Waals surface area contributed by atoms with Gasteiger partial charge in [0.15, 0.2) is 0 Å². The topological polar surface area (TPSA) is 66.7 Å². The average molecular weight is 405 g/mol. The van der Waals surface area contributed by atoms with E-state index in [9.17, 15) is 9.59 Å². The maximum absolute atomic E-state index is 12.9. The van der Waals surface area contributed by atoms with Crippen LogP contribution in [0.5, 0.6) is 0 Å². The summed E-state index contributed by atoms with van der Waals surface area (Å²) in [6.45, 7) is 2.32. The van der Waals surface area contributed by atoms with Crippen molar-refractivity contribution >= 4 is 46.4 Å². The summed E-state index contributed by atoms with van der Waals surface area (Å²) in [6, 6.07) is 8.29. The zero-order valence-electron chi connectivity index (χ0n) is 14.7. The van der Waals surface area contributed by atoms with Crippen LogP contribution in [0.3, 0.4) is 0 Å². The highest BCUT2D eigenvalue weighted by Crippen LogP contribution is 2.25. The first kappa shape index (κ1) is 19.2. The van der Waals surface area contributed by atoms with Crippen LogP contribution in [-0.4, -0.2) is 39.2 Å². The number of aromatic nitrogens is 2. The molecule has 2 amide bonds. The molecular weight excluding hydrogens is 387 g/mol. The molecular formula is C19H18Cl2N4O2. The first-order valence-corrected chi connectivity index (χ1v) is 9.20. The molecule has 0 bridgehead atoms. The summed E-state index contributed by atoms with van der Waals surface area (Å²) in [5.74, 6) is -0.565. The van der Waals surface area contributed by atoms with Gasteiger partial charge in [0.1, 0.15) is 12.2 Å². The maximum atomic E-state index is 12.9. The molecule has 0 aliphatic carbocycles. The Morgan fingerprint density at radius 2 is 2.04 bits per heavy atom. The molecule has 0 aliphatic heterocycles. The molecule has 27 heavy (non-hydrogen) atoms. The van der Waals surface area contributed by atoms with Gasteiger partial charge in [-0.1, -0.05) is 30.1 Å². The summed E-state index contributed by atoms with van der Waals surface area (Å²) in [4.78, 5) is 31.0. The van der Waals surface area contributed by atoms with Crippen LogP contribution in [0.15, 0.2) is 48.9 Å². The van der Waals surface area contributed by atoms with E-state index in [1.807, 2.05) is 6.92 Å². The van der Waals surface area contributed by atoms with E-state index < -0.39 is 0 Å². The second kappa shape index (κ2) is 8.41. The highest BCUT2D eigenvalue weighted by molar-refractivity contribution is 6.35. The van der Waals surface area contributed by atoms with E-state index >= 15 is 0 Å². The summed E-state index contributed by atoms with van der Waals surface area (Å²) < 4.78 is 1.77. The predicted molar refractivity (Wildman–Crippen MR) is 106 cm³/mol. The standard InChI is InChI=1S/C19H18Cl2N4O2/c1-2-8-25(12-18(26)23-16-10-14(20)4-5-15(16)21)19(27)13-3-6-17-22-7-9-24(17)11-13/h3-7,9-11H,2,8,12H2,1H3,(H,23,26). The fourth-order valence-electron chi connectivity index (χ4n) is 2.71. The van der Waals surface area contributed by atoms with E-state index in [2.05, 4.69) is 10.3 Å². The molecule has 8 heteroatoms. The first-order chi connectivity index (χ1) is 13.0. The van der Waals surface area contributed by atoms with E-state index in [0.29, 0.717) is 27.8 Å². The van der Waals surface area contributed by atoms with Gasteiger partial charge >= 0.3 is 0 Å². The summed E-state index contributed by atoms with van der Waals surface area (Å²) in [6.07, 6.45) is 5.86. The second-order valence-electron chi connectivity index (χ2n) is 6.01. The van der Waals surface area contributed by atoms with Crippen molar-refractivity contribution in [2.45, 2.75) is 13.3 Å². The van der Waals surface area contributed by atoms with E-state index in [4.69, 9.17) is 23.2 Å².